The predicted molar refractivity (Wildman–Crippen MR) is 70.0 cm³/mol. The van der Waals surface area contributed by atoms with Crippen LogP contribution in [0.5, 0.6) is 0 Å². The van der Waals surface area contributed by atoms with Crippen molar-refractivity contribution in [2.24, 2.45) is 5.73 Å². The van der Waals surface area contributed by atoms with Crippen molar-refractivity contribution < 1.29 is 9.53 Å². The molecule has 2 N–H and O–H groups in total. The number of carbonyl (C=O) groups excluding carboxylic acids is 1. The average Bonchev–Trinajstić information content (AvgIpc) is 2.29. The van der Waals surface area contributed by atoms with Gasteiger partial charge in [-0.15, -0.1) is 0 Å². The lowest BCUT2D eigenvalue weighted by atomic mass is 10.1. The number of ether oxygens (including phenoxy) is 1. The van der Waals surface area contributed by atoms with E-state index in [2.05, 4.69) is 4.98 Å². The Balaban J connectivity index is 2.80. The monoisotopic (exact) mass is 251 g/mol. The summed E-state index contributed by atoms with van der Waals surface area (Å²) in [6.45, 7) is 5.82. The molecule has 1 amide bonds. The number of rotatable bonds is 3. The summed E-state index contributed by atoms with van der Waals surface area (Å²) in [6, 6.07) is 3.49. The van der Waals surface area contributed by atoms with Crippen LogP contribution in [0.25, 0.3) is 0 Å². The molecule has 5 nitrogen and oxygen atoms in total. The number of pyridine rings is 1. The van der Waals surface area contributed by atoms with E-state index in [4.69, 9.17) is 10.5 Å². The van der Waals surface area contributed by atoms with Crippen molar-refractivity contribution >= 4 is 6.09 Å². The molecule has 0 aromatic carbocycles. The van der Waals surface area contributed by atoms with Gasteiger partial charge in [-0.3, -0.25) is 4.98 Å². The first-order chi connectivity index (χ1) is 8.35. The Morgan fingerprint density at radius 1 is 1.56 bits per heavy atom. The van der Waals surface area contributed by atoms with Gasteiger partial charge in [0.1, 0.15) is 5.60 Å². The van der Waals surface area contributed by atoms with Crippen LogP contribution in [0.3, 0.4) is 0 Å². The summed E-state index contributed by atoms with van der Waals surface area (Å²) in [6.07, 6.45) is 3.00. The zero-order valence-corrected chi connectivity index (χ0v) is 11.4. The van der Waals surface area contributed by atoms with Gasteiger partial charge in [0.05, 0.1) is 6.04 Å². The SMILES string of the molecule is CN(C(=O)OC(C)(C)C)C(CN)c1cccnc1. The van der Waals surface area contributed by atoms with E-state index in [9.17, 15) is 4.79 Å². The fourth-order valence-corrected chi connectivity index (χ4v) is 1.55. The third kappa shape index (κ3) is 4.00. The molecule has 5 heteroatoms. The normalized spacial score (nSPS) is 12.9. The summed E-state index contributed by atoms with van der Waals surface area (Å²) < 4.78 is 5.31. The Labute approximate surface area is 108 Å². The zero-order chi connectivity index (χ0) is 13.8. The second-order valence-electron chi connectivity index (χ2n) is 5.13. The van der Waals surface area contributed by atoms with E-state index in [0.29, 0.717) is 6.54 Å². The third-order valence-corrected chi connectivity index (χ3v) is 2.44. The summed E-state index contributed by atoms with van der Waals surface area (Å²) in [7, 11) is 1.68. The number of hydrogen-bond acceptors (Lipinski definition) is 4. The molecule has 1 heterocycles. The van der Waals surface area contributed by atoms with Crippen molar-refractivity contribution in [3.8, 4) is 0 Å². The molecule has 1 rings (SSSR count). The Kier molecular flexibility index (Phi) is 4.67. The highest BCUT2D eigenvalue weighted by Crippen LogP contribution is 2.19. The summed E-state index contributed by atoms with van der Waals surface area (Å²) >= 11 is 0. The van der Waals surface area contributed by atoms with Gasteiger partial charge in [0, 0.05) is 26.0 Å². The van der Waals surface area contributed by atoms with Gasteiger partial charge in [0.25, 0.3) is 0 Å². The van der Waals surface area contributed by atoms with Crippen LogP contribution >= 0.6 is 0 Å². The van der Waals surface area contributed by atoms with Gasteiger partial charge < -0.3 is 15.4 Å². The standard InChI is InChI=1S/C13H21N3O2/c1-13(2,3)18-12(17)16(4)11(8-14)10-6-5-7-15-9-10/h5-7,9,11H,8,14H2,1-4H3. The fraction of sp³-hybridized carbons (Fsp3) is 0.538. The minimum absolute atomic E-state index is 0.228. The largest absolute Gasteiger partial charge is 0.444 e. The molecule has 18 heavy (non-hydrogen) atoms. The Morgan fingerprint density at radius 3 is 2.67 bits per heavy atom. The number of carbonyl (C=O) groups is 1. The maximum Gasteiger partial charge on any atom is 0.410 e. The molecule has 1 aromatic rings. The molecule has 0 radical (unpaired) electrons. The molecule has 0 saturated heterocycles. The van der Waals surface area contributed by atoms with E-state index < -0.39 is 5.60 Å². The highest BCUT2D eigenvalue weighted by Gasteiger charge is 2.25. The van der Waals surface area contributed by atoms with Crippen LogP contribution in [-0.4, -0.2) is 35.2 Å². The van der Waals surface area contributed by atoms with Gasteiger partial charge in [0.2, 0.25) is 0 Å². The first-order valence-corrected chi connectivity index (χ1v) is 5.91. The third-order valence-electron chi connectivity index (χ3n) is 2.44. The van der Waals surface area contributed by atoms with E-state index in [0.717, 1.165) is 5.56 Å². The number of nitrogens with zero attached hydrogens (tertiary/aromatic N) is 2. The molecule has 0 aliphatic carbocycles. The number of likely N-dealkylation sites (N-methyl/N-ethyl adjacent to an activating group) is 1. The van der Waals surface area contributed by atoms with Gasteiger partial charge >= 0.3 is 6.09 Å². The molecule has 0 saturated carbocycles. The summed E-state index contributed by atoms with van der Waals surface area (Å²) in [5.41, 5.74) is 6.11. The summed E-state index contributed by atoms with van der Waals surface area (Å²) in [5.74, 6) is 0. The zero-order valence-electron chi connectivity index (χ0n) is 11.4. The van der Waals surface area contributed by atoms with E-state index in [1.54, 1.807) is 19.4 Å². The van der Waals surface area contributed by atoms with Crippen LogP contribution in [-0.2, 0) is 4.74 Å². The average molecular weight is 251 g/mol. The topological polar surface area (TPSA) is 68.5 Å². The van der Waals surface area contributed by atoms with Crippen molar-refractivity contribution in [3.05, 3.63) is 30.1 Å². The lowest BCUT2D eigenvalue weighted by Crippen LogP contribution is -2.39. The van der Waals surface area contributed by atoms with Crippen LogP contribution in [0.4, 0.5) is 4.79 Å². The fourth-order valence-electron chi connectivity index (χ4n) is 1.55. The van der Waals surface area contributed by atoms with Gasteiger partial charge in [-0.1, -0.05) is 6.07 Å². The second kappa shape index (κ2) is 5.82. The van der Waals surface area contributed by atoms with Crippen LogP contribution in [0.15, 0.2) is 24.5 Å². The number of nitrogens with two attached hydrogens (primary N) is 1. The highest BCUT2D eigenvalue weighted by atomic mass is 16.6. The van der Waals surface area contributed by atoms with E-state index in [-0.39, 0.29) is 12.1 Å². The van der Waals surface area contributed by atoms with Gasteiger partial charge in [-0.05, 0) is 32.4 Å². The molecule has 0 aliphatic heterocycles. The molecule has 0 aliphatic rings. The summed E-state index contributed by atoms with van der Waals surface area (Å²) in [5, 5.41) is 0. The van der Waals surface area contributed by atoms with E-state index in [1.807, 2.05) is 32.9 Å². The van der Waals surface area contributed by atoms with Gasteiger partial charge in [-0.2, -0.15) is 0 Å². The maximum atomic E-state index is 12.0. The first-order valence-electron chi connectivity index (χ1n) is 5.91. The second-order valence-corrected chi connectivity index (χ2v) is 5.13. The lowest BCUT2D eigenvalue weighted by Gasteiger charge is -2.30. The smallest absolute Gasteiger partial charge is 0.410 e. The number of amides is 1. The van der Waals surface area contributed by atoms with Crippen LogP contribution < -0.4 is 5.73 Å². The van der Waals surface area contributed by atoms with Crippen LogP contribution in [0, 0.1) is 0 Å². The molecule has 1 aromatic heterocycles. The molecule has 100 valence electrons. The molecule has 1 atom stereocenters. The minimum atomic E-state index is -0.514. The Morgan fingerprint density at radius 2 is 2.22 bits per heavy atom. The molecular weight excluding hydrogens is 230 g/mol. The molecular formula is C13H21N3O2. The molecule has 0 spiro atoms. The Hall–Kier alpha value is -1.62. The maximum absolute atomic E-state index is 12.0. The van der Waals surface area contributed by atoms with Gasteiger partial charge in [-0.25, -0.2) is 4.79 Å². The Bertz CT molecular complexity index is 387. The summed E-state index contributed by atoms with van der Waals surface area (Å²) in [4.78, 5) is 17.5. The first kappa shape index (κ1) is 14.4. The van der Waals surface area contributed by atoms with Crippen molar-refractivity contribution in [1.82, 2.24) is 9.88 Å². The van der Waals surface area contributed by atoms with Crippen LogP contribution in [0.1, 0.15) is 32.4 Å². The molecule has 1 unspecified atom stereocenters. The lowest BCUT2D eigenvalue weighted by molar-refractivity contribution is 0.0225. The minimum Gasteiger partial charge on any atom is -0.444 e. The van der Waals surface area contributed by atoms with Crippen molar-refractivity contribution in [2.45, 2.75) is 32.4 Å². The van der Waals surface area contributed by atoms with Crippen molar-refractivity contribution in [3.63, 3.8) is 0 Å². The number of aromatic nitrogens is 1. The molecule has 0 fully saturated rings. The molecule has 0 bridgehead atoms. The van der Waals surface area contributed by atoms with E-state index in [1.165, 1.54) is 4.90 Å². The van der Waals surface area contributed by atoms with Crippen molar-refractivity contribution in [1.29, 1.82) is 0 Å². The predicted octanol–water partition coefficient (Wildman–Crippen LogP) is 1.95. The quantitative estimate of drug-likeness (QED) is 0.891. The number of hydrogen-bond donors (Lipinski definition) is 1. The van der Waals surface area contributed by atoms with Crippen molar-refractivity contribution in [2.75, 3.05) is 13.6 Å². The van der Waals surface area contributed by atoms with Crippen LogP contribution in [0.2, 0.25) is 0 Å². The highest BCUT2D eigenvalue weighted by molar-refractivity contribution is 5.68. The van der Waals surface area contributed by atoms with Gasteiger partial charge in [0.15, 0.2) is 0 Å². The van der Waals surface area contributed by atoms with E-state index >= 15 is 0 Å².